The maximum atomic E-state index is 4.74. The SMILES string of the molecule is CCn1c(CN[C@H](C)c2ccncc2)nc2ccccc21. The molecule has 21 heavy (non-hydrogen) atoms. The van der Waals surface area contributed by atoms with Gasteiger partial charge in [-0.1, -0.05) is 12.1 Å². The number of hydrogen-bond acceptors (Lipinski definition) is 3. The summed E-state index contributed by atoms with van der Waals surface area (Å²) in [7, 11) is 0. The van der Waals surface area contributed by atoms with Crippen LogP contribution in [0.5, 0.6) is 0 Å². The van der Waals surface area contributed by atoms with Crippen molar-refractivity contribution in [3.05, 3.63) is 60.2 Å². The molecule has 0 amide bonds. The number of rotatable bonds is 5. The minimum Gasteiger partial charge on any atom is -0.327 e. The van der Waals surface area contributed by atoms with Gasteiger partial charge in [0, 0.05) is 25.0 Å². The highest BCUT2D eigenvalue weighted by Gasteiger charge is 2.10. The second-order valence-corrected chi connectivity index (χ2v) is 5.14. The van der Waals surface area contributed by atoms with Crippen molar-refractivity contribution in [2.24, 2.45) is 0 Å². The summed E-state index contributed by atoms with van der Waals surface area (Å²) in [5.74, 6) is 1.08. The van der Waals surface area contributed by atoms with Gasteiger partial charge in [0.15, 0.2) is 0 Å². The minimum absolute atomic E-state index is 0.276. The average molecular weight is 280 g/mol. The van der Waals surface area contributed by atoms with E-state index in [-0.39, 0.29) is 6.04 Å². The summed E-state index contributed by atoms with van der Waals surface area (Å²) in [6.45, 7) is 6.01. The fraction of sp³-hybridized carbons (Fsp3) is 0.294. The smallest absolute Gasteiger partial charge is 0.123 e. The molecule has 0 unspecified atom stereocenters. The fourth-order valence-corrected chi connectivity index (χ4v) is 2.63. The molecule has 0 aliphatic heterocycles. The van der Waals surface area contributed by atoms with Crippen LogP contribution in [0.4, 0.5) is 0 Å². The van der Waals surface area contributed by atoms with E-state index in [4.69, 9.17) is 4.98 Å². The van der Waals surface area contributed by atoms with E-state index in [1.54, 1.807) is 0 Å². The van der Waals surface area contributed by atoms with Crippen molar-refractivity contribution < 1.29 is 0 Å². The van der Waals surface area contributed by atoms with Crippen LogP contribution >= 0.6 is 0 Å². The second kappa shape index (κ2) is 6.06. The Morgan fingerprint density at radius 1 is 1.14 bits per heavy atom. The summed E-state index contributed by atoms with van der Waals surface area (Å²) in [6.07, 6.45) is 3.66. The van der Waals surface area contributed by atoms with Crippen molar-refractivity contribution in [2.45, 2.75) is 33.0 Å². The summed E-state index contributed by atoms with van der Waals surface area (Å²) in [4.78, 5) is 8.80. The monoisotopic (exact) mass is 280 g/mol. The van der Waals surface area contributed by atoms with Gasteiger partial charge in [-0.15, -0.1) is 0 Å². The van der Waals surface area contributed by atoms with Gasteiger partial charge in [-0.2, -0.15) is 0 Å². The highest BCUT2D eigenvalue weighted by molar-refractivity contribution is 5.75. The lowest BCUT2D eigenvalue weighted by Gasteiger charge is -2.14. The molecule has 1 aromatic carbocycles. The Kier molecular flexibility index (Phi) is 3.97. The molecule has 0 saturated heterocycles. The van der Waals surface area contributed by atoms with Gasteiger partial charge in [0.2, 0.25) is 0 Å². The number of imidazole rings is 1. The first-order chi connectivity index (χ1) is 10.3. The van der Waals surface area contributed by atoms with Crippen LogP contribution in [0, 0.1) is 0 Å². The molecule has 4 nitrogen and oxygen atoms in total. The Labute approximate surface area is 124 Å². The molecule has 108 valence electrons. The number of aryl methyl sites for hydroxylation is 1. The minimum atomic E-state index is 0.276. The van der Waals surface area contributed by atoms with Crippen LogP contribution in [-0.4, -0.2) is 14.5 Å². The molecule has 3 rings (SSSR count). The van der Waals surface area contributed by atoms with Gasteiger partial charge in [-0.05, 0) is 43.7 Å². The van der Waals surface area contributed by atoms with Crippen molar-refractivity contribution in [1.82, 2.24) is 19.9 Å². The van der Waals surface area contributed by atoms with Crippen LogP contribution in [0.2, 0.25) is 0 Å². The van der Waals surface area contributed by atoms with E-state index >= 15 is 0 Å². The topological polar surface area (TPSA) is 42.7 Å². The van der Waals surface area contributed by atoms with E-state index in [1.807, 2.05) is 30.6 Å². The van der Waals surface area contributed by atoms with Crippen molar-refractivity contribution >= 4 is 11.0 Å². The Hall–Kier alpha value is -2.20. The third-order valence-corrected chi connectivity index (χ3v) is 3.82. The van der Waals surface area contributed by atoms with Gasteiger partial charge in [0.25, 0.3) is 0 Å². The zero-order valence-corrected chi connectivity index (χ0v) is 12.5. The van der Waals surface area contributed by atoms with Gasteiger partial charge < -0.3 is 9.88 Å². The van der Waals surface area contributed by atoms with Crippen LogP contribution in [0.15, 0.2) is 48.8 Å². The number of nitrogens with one attached hydrogen (secondary N) is 1. The van der Waals surface area contributed by atoms with Crippen LogP contribution in [0.1, 0.15) is 31.3 Å². The van der Waals surface area contributed by atoms with E-state index in [9.17, 15) is 0 Å². The van der Waals surface area contributed by atoms with Crippen LogP contribution < -0.4 is 5.32 Å². The van der Waals surface area contributed by atoms with E-state index < -0.39 is 0 Å². The summed E-state index contributed by atoms with van der Waals surface area (Å²) in [5.41, 5.74) is 3.50. The zero-order valence-electron chi connectivity index (χ0n) is 12.5. The normalized spacial score (nSPS) is 12.7. The molecule has 0 radical (unpaired) electrons. The van der Waals surface area contributed by atoms with Crippen molar-refractivity contribution in [3.8, 4) is 0 Å². The Balaban J connectivity index is 1.79. The van der Waals surface area contributed by atoms with Gasteiger partial charge >= 0.3 is 0 Å². The summed E-state index contributed by atoms with van der Waals surface area (Å²) < 4.78 is 2.27. The fourth-order valence-electron chi connectivity index (χ4n) is 2.63. The molecule has 0 saturated carbocycles. The summed E-state index contributed by atoms with van der Waals surface area (Å²) >= 11 is 0. The highest BCUT2D eigenvalue weighted by Crippen LogP contribution is 2.17. The molecular weight excluding hydrogens is 260 g/mol. The molecule has 2 heterocycles. The van der Waals surface area contributed by atoms with Gasteiger partial charge in [0.05, 0.1) is 17.6 Å². The Morgan fingerprint density at radius 3 is 2.67 bits per heavy atom. The number of benzene rings is 1. The van der Waals surface area contributed by atoms with E-state index in [2.05, 4.69) is 46.9 Å². The number of para-hydroxylation sites is 2. The quantitative estimate of drug-likeness (QED) is 0.779. The largest absolute Gasteiger partial charge is 0.327 e. The number of nitrogens with zero attached hydrogens (tertiary/aromatic N) is 3. The van der Waals surface area contributed by atoms with Crippen LogP contribution in [-0.2, 0) is 13.1 Å². The van der Waals surface area contributed by atoms with Crippen molar-refractivity contribution in [3.63, 3.8) is 0 Å². The number of fused-ring (bicyclic) bond motifs is 1. The molecule has 1 atom stereocenters. The van der Waals surface area contributed by atoms with Crippen molar-refractivity contribution in [2.75, 3.05) is 0 Å². The number of hydrogen-bond donors (Lipinski definition) is 1. The first-order valence-electron chi connectivity index (χ1n) is 7.37. The molecule has 0 spiro atoms. The van der Waals surface area contributed by atoms with E-state index in [0.29, 0.717) is 0 Å². The predicted molar refractivity (Wildman–Crippen MR) is 84.9 cm³/mol. The Morgan fingerprint density at radius 2 is 1.90 bits per heavy atom. The molecule has 1 N–H and O–H groups in total. The van der Waals surface area contributed by atoms with Gasteiger partial charge in [-0.25, -0.2) is 4.98 Å². The lowest BCUT2D eigenvalue weighted by Crippen LogP contribution is -2.20. The average Bonchev–Trinajstić information content (AvgIpc) is 2.91. The lowest BCUT2D eigenvalue weighted by atomic mass is 10.1. The third-order valence-electron chi connectivity index (χ3n) is 3.82. The van der Waals surface area contributed by atoms with E-state index in [1.165, 1.54) is 11.1 Å². The molecule has 2 aromatic heterocycles. The Bertz CT molecular complexity index is 718. The second-order valence-electron chi connectivity index (χ2n) is 5.14. The van der Waals surface area contributed by atoms with Gasteiger partial charge in [-0.3, -0.25) is 4.98 Å². The zero-order chi connectivity index (χ0) is 14.7. The number of aromatic nitrogens is 3. The predicted octanol–water partition coefficient (Wildman–Crippen LogP) is 3.30. The molecule has 0 aliphatic carbocycles. The van der Waals surface area contributed by atoms with Crippen LogP contribution in [0.25, 0.3) is 11.0 Å². The molecular formula is C17H20N4. The molecule has 0 bridgehead atoms. The molecule has 4 heteroatoms. The summed E-state index contributed by atoms with van der Waals surface area (Å²) in [5, 5.41) is 3.54. The third kappa shape index (κ3) is 2.81. The standard InChI is InChI=1S/C17H20N4/c1-3-21-16-7-5-4-6-15(16)20-17(21)12-19-13(2)14-8-10-18-11-9-14/h4-11,13,19H,3,12H2,1-2H3/t13-/m1/s1. The lowest BCUT2D eigenvalue weighted by molar-refractivity contribution is 0.543. The maximum Gasteiger partial charge on any atom is 0.123 e. The molecule has 0 aliphatic rings. The van der Waals surface area contributed by atoms with Gasteiger partial charge in [0.1, 0.15) is 5.82 Å². The van der Waals surface area contributed by atoms with Crippen LogP contribution in [0.3, 0.4) is 0 Å². The number of pyridine rings is 1. The van der Waals surface area contributed by atoms with Crippen molar-refractivity contribution in [1.29, 1.82) is 0 Å². The first kappa shape index (κ1) is 13.8. The molecule has 3 aromatic rings. The first-order valence-corrected chi connectivity index (χ1v) is 7.37. The maximum absolute atomic E-state index is 4.74. The molecule has 0 fully saturated rings. The van der Waals surface area contributed by atoms with E-state index in [0.717, 1.165) is 24.4 Å². The highest BCUT2D eigenvalue weighted by atomic mass is 15.1. The summed E-state index contributed by atoms with van der Waals surface area (Å²) in [6, 6.07) is 12.6.